The van der Waals surface area contributed by atoms with Crippen LogP contribution in [0.5, 0.6) is 0 Å². The Kier molecular flexibility index (Phi) is 6.78. The van der Waals surface area contributed by atoms with Crippen LogP contribution in [0.4, 0.5) is 4.79 Å². The van der Waals surface area contributed by atoms with Gasteiger partial charge in [-0.2, -0.15) is 0 Å². The summed E-state index contributed by atoms with van der Waals surface area (Å²) in [7, 11) is 0. The number of aliphatic carboxylic acids is 1. The molecule has 116 valence electrons. The minimum absolute atomic E-state index is 0.218. The van der Waals surface area contributed by atoms with Gasteiger partial charge < -0.3 is 20.1 Å². The summed E-state index contributed by atoms with van der Waals surface area (Å²) < 4.78 is 5.53. The predicted molar refractivity (Wildman–Crippen MR) is 75.6 cm³/mol. The van der Waals surface area contributed by atoms with Crippen LogP contribution < -0.4 is 5.32 Å². The van der Waals surface area contributed by atoms with Gasteiger partial charge in [0, 0.05) is 19.7 Å². The van der Waals surface area contributed by atoms with E-state index in [1.807, 2.05) is 20.8 Å². The molecule has 1 atom stereocenters. The van der Waals surface area contributed by atoms with E-state index in [4.69, 9.17) is 9.84 Å². The van der Waals surface area contributed by atoms with Crippen LogP contribution in [0.1, 0.15) is 40.0 Å². The van der Waals surface area contributed by atoms with Gasteiger partial charge in [-0.1, -0.05) is 13.8 Å². The number of hydrogen-bond donors (Lipinski definition) is 2. The number of nitrogens with one attached hydrogen (secondary N) is 1. The van der Waals surface area contributed by atoms with E-state index in [-0.39, 0.29) is 18.1 Å². The summed E-state index contributed by atoms with van der Waals surface area (Å²) in [6.07, 6.45) is 2.28. The van der Waals surface area contributed by atoms with Crippen LogP contribution in [0.15, 0.2) is 0 Å². The minimum Gasteiger partial charge on any atom is -0.480 e. The molecule has 1 saturated heterocycles. The normalized spacial score (nSPS) is 18.1. The Labute approximate surface area is 120 Å². The molecule has 0 aromatic rings. The van der Waals surface area contributed by atoms with Gasteiger partial charge in [0.05, 0.1) is 6.10 Å². The average Bonchev–Trinajstić information content (AvgIpc) is 2.38. The van der Waals surface area contributed by atoms with E-state index in [1.165, 1.54) is 0 Å². The van der Waals surface area contributed by atoms with Crippen molar-refractivity contribution < 1.29 is 19.4 Å². The Morgan fingerprint density at radius 1 is 1.35 bits per heavy atom. The molecule has 0 spiro atoms. The quantitative estimate of drug-likeness (QED) is 0.779. The summed E-state index contributed by atoms with van der Waals surface area (Å²) in [4.78, 5) is 24.9. The standard InChI is InChI=1S/C14H26N2O4/c1-4-20-11-5-7-16(8-6-11)14(19)15-12(13(17)18)9-10(2)3/h10-12H,4-9H2,1-3H3,(H,15,19)(H,17,18)/t12-/m1/s1. The van der Waals surface area contributed by atoms with Crippen molar-refractivity contribution in [1.82, 2.24) is 10.2 Å². The maximum atomic E-state index is 12.1. The van der Waals surface area contributed by atoms with Gasteiger partial charge in [-0.25, -0.2) is 9.59 Å². The number of ether oxygens (including phenoxy) is 1. The Hall–Kier alpha value is -1.30. The number of carbonyl (C=O) groups is 2. The molecule has 1 aliphatic heterocycles. The first kappa shape index (κ1) is 16.8. The third-order valence-electron chi connectivity index (χ3n) is 3.43. The highest BCUT2D eigenvalue weighted by Gasteiger charge is 2.27. The smallest absolute Gasteiger partial charge is 0.326 e. The summed E-state index contributed by atoms with van der Waals surface area (Å²) in [5.74, 6) is -0.753. The molecule has 0 radical (unpaired) electrons. The molecule has 1 heterocycles. The van der Waals surface area contributed by atoms with Crippen LogP contribution in [0.25, 0.3) is 0 Å². The molecule has 0 saturated carbocycles. The van der Waals surface area contributed by atoms with E-state index in [2.05, 4.69) is 5.32 Å². The number of rotatable bonds is 6. The Morgan fingerprint density at radius 3 is 2.40 bits per heavy atom. The molecule has 2 amide bonds. The molecule has 2 N–H and O–H groups in total. The van der Waals surface area contributed by atoms with E-state index in [1.54, 1.807) is 4.90 Å². The van der Waals surface area contributed by atoms with Crippen molar-refractivity contribution in [3.8, 4) is 0 Å². The predicted octanol–water partition coefficient (Wildman–Crippen LogP) is 1.70. The first-order valence-corrected chi connectivity index (χ1v) is 7.33. The number of amides is 2. The number of nitrogens with zero attached hydrogens (tertiary/aromatic N) is 1. The van der Waals surface area contributed by atoms with Crippen LogP contribution in [0.3, 0.4) is 0 Å². The zero-order chi connectivity index (χ0) is 15.1. The third kappa shape index (κ3) is 5.36. The molecule has 0 bridgehead atoms. The highest BCUT2D eigenvalue weighted by atomic mass is 16.5. The topological polar surface area (TPSA) is 78.9 Å². The van der Waals surface area contributed by atoms with Gasteiger partial charge in [-0.05, 0) is 32.1 Å². The fourth-order valence-corrected chi connectivity index (χ4v) is 2.39. The van der Waals surface area contributed by atoms with Crippen molar-refractivity contribution in [3.63, 3.8) is 0 Å². The second-order valence-corrected chi connectivity index (χ2v) is 5.61. The summed E-state index contributed by atoms with van der Waals surface area (Å²) >= 11 is 0. The first-order chi connectivity index (χ1) is 9.43. The van der Waals surface area contributed by atoms with Crippen molar-refractivity contribution in [1.29, 1.82) is 0 Å². The molecule has 0 aromatic heterocycles. The molecular weight excluding hydrogens is 260 g/mol. The van der Waals surface area contributed by atoms with Gasteiger partial charge in [-0.3, -0.25) is 0 Å². The average molecular weight is 286 g/mol. The molecule has 6 heteroatoms. The second kappa shape index (κ2) is 8.09. The van der Waals surface area contributed by atoms with Crippen LogP contribution >= 0.6 is 0 Å². The fraction of sp³-hybridized carbons (Fsp3) is 0.857. The van der Waals surface area contributed by atoms with Crippen molar-refractivity contribution in [2.75, 3.05) is 19.7 Å². The number of likely N-dealkylation sites (tertiary alicyclic amines) is 1. The van der Waals surface area contributed by atoms with Crippen molar-refractivity contribution in [2.45, 2.75) is 52.2 Å². The number of piperidine rings is 1. The highest BCUT2D eigenvalue weighted by molar-refractivity contribution is 5.82. The van der Waals surface area contributed by atoms with Gasteiger partial charge in [0.1, 0.15) is 6.04 Å². The van der Waals surface area contributed by atoms with Crippen molar-refractivity contribution in [2.24, 2.45) is 5.92 Å². The van der Waals surface area contributed by atoms with Crippen molar-refractivity contribution in [3.05, 3.63) is 0 Å². The van der Waals surface area contributed by atoms with Gasteiger partial charge in [0.2, 0.25) is 0 Å². The number of carboxylic acids is 1. The molecule has 1 aliphatic rings. The van der Waals surface area contributed by atoms with Crippen LogP contribution in [-0.4, -0.2) is 53.8 Å². The van der Waals surface area contributed by atoms with E-state index in [0.29, 0.717) is 26.1 Å². The zero-order valence-corrected chi connectivity index (χ0v) is 12.6. The second-order valence-electron chi connectivity index (χ2n) is 5.61. The number of carboxylic acid groups (broad SMARTS) is 1. The van der Waals surface area contributed by atoms with E-state index < -0.39 is 12.0 Å². The molecule has 0 aromatic carbocycles. The molecule has 0 unspecified atom stereocenters. The lowest BCUT2D eigenvalue weighted by Gasteiger charge is -2.32. The molecule has 0 aliphatic carbocycles. The molecule has 20 heavy (non-hydrogen) atoms. The Morgan fingerprint density at radius 2 is 1.95 bits per heavy atom. The lowest BCUT2D eigenvalue weighted by molar-refractivity contribution is -0.139. The molecular formula is C14H26N2O4. The zero-order valence-electron chi connectivity index (χ0n) is 12.6. The first-order valence-electron chi connectivity index (χ1n) is 7.33. The summed E-state index contributed by atoms with van der Waals surface area (Å²) in [6.45, 7) is 7.76. The van der Waals surface area contributed by atoms with E-state index in [9.17, 15) is 9.59 Å². The van der Waals surface area contributed by atoms with Gasteiger partial charge >= 0.3 is 12.0 Å². The third-order valence-corrected chi connectivity index (χ3v) is 3.43. The van der Waals surface area contributed by atoms with Crippen LogP contribution in [-0.2, 0) is 9.53 Å². The summed E-state index contributed by atoms with van der Waals surface area (Å²) in [6, 6.07) is -1.10. The van der Waals surface area contributed by atoms with E-state index >= 15 is 0 Å². The largest absolute Gasteiger partial charge is 0.480 e. The maximum absolute atomic E-state index is 12.1. The SMILES string of the molecule is CCOC1CCN(C(=O)N[C@H](CC(C)C)C(=O)O)CC1. The van der Waals surface area contributed by atoms with Crippen LogP contribution in [0, 0.1) is 5.92 Å². The monoisotopic (exact) mass is 286 g/mol. The number of carbonyl (C=O) groups excluding carboxylic acids is 1. The Bertz CT molecular complexity index is 325. The van der Waals surface area contributed by atoms with Crippen LogP contribution in [0.2, 0.25) is 0 Å². The lowest BCUT2D eigenvalue weighted by atomic mass is 10.0. The number of hydrogen-bond acceptors (Lipinski definition) is 3. The van der Waals surface area contributed by atoms with Crippen molar-refractivity contribution >= 4 is 12.0 Å². The molecule has 1 fully saturated rings. The van der Waals surface area contributed by atoms with Gasteiger partial charge in [0.15, 0.2) is 0 Å². The molecule has 6 nitrogen and oxygen atoms in total. The lowest BCUT2D eigenvalue weighted by Crippen LogP contribution is -2.51. The number of urea groups is 1. The summed E-state index contributed by atoms with van der Waals surface area (Å²) in [5, 5.41) is 11.7. The minimum atomic E-state index is -0.976. The highest BCUT2D eigenvalue weighted by Crippen LogP contribution is 2.14. The Balaban J connectivity index is 2.43. The fourth-order valence-electron chi connectivity index (χ4n) is 2.39. The summed E-state index contributed by atoms with van der Waals surface area (Å²) in [5.41, 5.74) is 0. The van der Waals surface area contributed by atoms with Gasteiger partial charge in [-0.15, -0.1) is 0 Å². The maximum Gasteiger partial charge on any atom is 0.326 e. The molecule has 1 rings (SSSR count). The van der Waals surface area contributed by atoms with E-state index in [0.717, 1.165) is 12.8 Å². The van der Waals surface area contributed by atoms with Gasteiger partial charge in [0.25, 0.3) is 0 Å².